The topological polar surface area (TPSA) is 18.5 Å². The third-order valence-corrected chi connectivity index (χ3v) is 5.25. The maximum Gasteiger partial charge on any atom is 0.388 e. The van der Waals surface area contributed by atoms with E-state index in [0.29, 0.717) is 0 Å². The van der Waals surface area contributed by atoms with Gasteiger partial charge in [-0.1, -0.05) is 54.6 Å². The molecule has 0 amide bonds. The van der Waals surface area contributed by atoms with Crippen LogP contribution in [0, 0.1) is 0 Å². The fourth-order valence-electron chi connectivity index (χ4n) is 2.64. The van der Waals surface area contributed by atoms with E-state index < -0.39 is 9.28 Å². The van der Waals surface area contributed by atoms with Crippen molar-refractivity contribution in [1.82, 2.24) is 0 Å². The highest BCUT2D eigenvalue weighted by molar-refractivity contribution is 6.44. The Bertz CT molecular complexity index is 735. The minimum absolute atomic E-state index is 0.855. The van der Waals surface area contributed by atoms with Crippen LogP contribution in [0.1, 0.15) is 5.56 Å². The Kier molecular flexibility index (Phi) is 3.83. The summed E-state index contributed by atoms with van der Waals surface area (Å²) in [6.07, 6.45) is 0. The lowest BCUT2D eigenvalue weighted by molar-refractivity contribution is 0.277. The van der Waals surface area contributed by atoms with Gasteiger partial charge in [0.25, 0.3) is 0 Å². The SMILES string of the molecule is CO[Si](Cc1cccc2c1ccc1ccccc12)OC. The zero-order valence-corrected chi connectivity index (χ0v) is 12.7. The Morgan fingerprint density at radius 1 is 0.750 bits per heavy atom. The van der Waals surface area contributed by atoms with Crippen LogP contribution >= 0.6 is 0 Å². The Balaban J connectivity index is 2.17. The molecule has 3 aromatic rings. The molecule has 20 heavy (non-hydrogen) atoms. The largest absolute Gasteiger partial charge is 0.397 e. The Morgan fingerprint density at radius 2 is 1.50 bits per heavy atom. The van der Waals surface area contributed by atoms with E-state index in [4.69, 9.17) is 8.85 Å². The summed E-state index contributed by atoms with van der Waals surface area (Å²) >= 11 is 0. The molecule has 0 atom stereocenters. The molecule has 0 aliphatic heterocycles. The van der Waals surface area contributed by atoms with Gasteiger partial charge in [-0.2, -0.15) is 0 Å². The molecule has 0 heterocycles. The standard InChI is InChI=1S/C17H17O2Si/c1-18-20(19-2)12-14-7-5-9-17-15-8-4-3-6-13(15)10-11-16(14)17/h3-11H,12H2,1-2H3. The number of hydrogen-bond acceptors (Lipinski definition) is 2. The van der Waals surface area contributed by atoms with Gasteiger partial charge in [0.05, 0.1) is 0 Å². The van der Waals surface area contributed by atoms with Crippen molar-refractivity contribution in [2.24, 2.45) is 0 Å². The monoisotopic (exact) mass is 281 g/mol. The Hall–Kier alpha value is -1.68. The predicted octanol–water partition coefficient (Wildman–Crippen LogP) is 3.86. The molecule has 3 heteroatoms. The molecule has 0 aliphatic carbocycles. The second kappa shape index (κ2) is 5.75. The van der Waals surface area contributed by atoms with Gasteiger partial charge in [0, 0.05) is 20.3 Å². The van der Waals surface area contributed by atoms with Gasteiger partial charge in [-0.05, 0) is 27.1 Å². The average Bonchev–Trinajstić information content (AvgIpc) is 2.52. The number of fused-ring (bicyclic) bond motifs is 3. The van der Waals surface area contributed by atoms with Crippen LogP contribution in [0.5, 0.6) is 0 Å². The van der Waals surface area contributed by atoms with Crippen LogP contribution in [-0.4, -0.2) is 23.5 Å². The first-order valence-corrected chi connectivity index (χ1v) is 8.19. The number of rotatable bonds is 4. The van der Waals surface area contributed by atoms with Gasteiger partial charge in [0.1, 0.15) is 0 Å². The molecule has 0 N–H and O–H groups in total. The molecular formula is C17H17O2Si. The molecule has 0 saturated carbocycles. The van der Waals surface area contributed by atoms with E-state index >= 15 is 0 Å². The van der Waals surface area contributed by atoms with Crippen molar-refractivity contribution in [3.05, 3.63) is 60.2 Å². The first-order valence-electron chi connectivity index (χ1n) is 6.66. The van der Waals surface area contributed by atoms with Gasteiger partial charge < -0.3 is 8.85 Å². The number of benzene rings is 3. The summed E-state index contributed by atoms with van der Waals surface area (Å²) in [4.78, 5) is 0. The van der Waals surface area contributed by atoms with Crippen molar-refractivity contribution in [1.29, 1.82) is 0 Å². The van der Waals surface area contributed by atoms with Crippen LogP contribution in [0.2, 0.25) is 0 Å². The van der Waals surface area contributed by atoms with Gasteiger partial charge in [0.15, 0.2) is 0 Å². The highest BCUT2D eigenvalue weighted by Crippen LogP contribution is 2.28. The van der Waals surface area contributed by atoms with Crippen molar-refractivity contribution < 1.29 is 8.85 Å². The maximum absolute atomic E-state index is 5.42. The van der Waals surface area contributed by atoms with E-state index in [9.17, 15) is 0 Å². The number of hydrogen-bond donors (Lipinski definition) is 0. The minimum atomic E-state index is -1.22. The summed E-state index contributed by atoms with van der Waals surface area (Å²) in [6, 6.07) is 20.2. The third kappa shape index (κ3) is 2.36. The minimum Gasteiger partial charge on any atom is -0.397 e. The quantitative estimate of drug-likeness (QED) is 0.534. The van der Waals surface area contributed by atoms with Crippen LogP contribution < -0.4 is 0 Å². The van der Waals surface area contributed by atoms with Crippen molar-refractivity contribution in [2.45, 2.75) is 6.04 Å². The van der Waals surface area contributed by atoms with E-state index in [-0.39, 0.29) is 0 Å². The van der Waals surface area contributed by atoms with Crippen LogP contribution in [0.3, 0.4) is 0 Å². The third-order valence-electron chi connectivity index (χ3n) is 3.67. The summed E-state index contributed by atoms with van der Waals surface area (Å²) in [7, 11) is 2.22. The van der Waals surface area contributed by atoms with Gasteiger partial charge in [-0.15, -0.1) is 0 Å². The second-order valence-electron chi connectivity index (χ2n) is 4.76. The van der Waals surface area contributed by atoms with Crippen LogP contribution in [0.4, 0.5) is 0 Å². The fraction of sp³-hybridized carbons (Fsp3) is 0.176. The summed E-state index contributed by atoms with van der Waals surface area (Å²) in [5, 5.41) is 5.17. The average molecular weight is 281 g/mol. The molecular weight excluding hydrogens is 264 g/mol. The molecule has 3 rings (SSSR count). The summed E-state index contributed by atoms with van der Waals surface area (Å²) in [6.45, 7) is 0. The molecule has 0 bridgehead atoms. The first-order chi connectivity index (χ1) is 9.83. The zero-order valence-electron chi connectivity index (χ0n) is 11.7. The van der Waals surface area contributed by atoms with E-state index in [1.807, 2.05) is 0 Å². The van der Waals surface area contributed by atoms with Crippen molar-refractivity contribution >= 4 is 30.8 Å². The fourth-order valence-corrected chi connectivity index (χ4v) is 3.72. The second-order valence-corrected chi connectivity index (χ2v) is 6.67. The van der Waals surface area contributed by atoms with E-state index in [0.717, 1.165) is 6.04 Å². The normalized spacial score (nSPS) is 11.6. The van der Waals surface area contributed by atoms with E-state index in [2.05, 4.69) is 54.6 Å². The Morgan fingerprint density at radius 3 is 2.30 bits per heavy atom. The Labute approximate surface area is 120 Å². The van der Waals surface area contributed by atoms with Gasteiger partial charge in [0.2, 0.25) is 0 Å². The van der Waals surface area contributed by atoms with Crippen LogP contribution in [0.15, 0.2) is 54.6 Å². The smallest absolute Gasteiger partial charge is 0.388 e. The van der Waals surface area contributed by atoms with Crippen LogP contribution in [-0.2, 0) is 14.9 Å². The highest BCUT2D eigenvalue weighted by Gasteiger charge is 2.15. The van der Waals surface area contributed by atoms with Crippen molar-refractivity contribution in [3.63, 3.8) is 0 Å². The molecule has 2 nitrogen and oxygen atoms in total. The van der Waals surface area contributed by atoms with Crippen molar-refractivity contribution in [3.8, 4) is 0 Å². The van der Waals surface area contributed by atoms with Crippen LogP contribution in [0.25, 0.3) is 21.5 Å². The molecule has 0 aromatic heterocycles. The molecule has 1 radical (unpaired) electrons. The molecule has 0 unspecified atom stereocenters. The van der Waals surface area contributed by atoms with Gasteiger partial charge in [-0.25, -0.2) is 0 Å². The molecule has 3 aromatic carbocycles. The van der Waals surface area contributed by atoms with E-state index in [1.165, 1.54) is 27.1 Å². The summed E-state index contributed by atoms with van der Waals surface area (Å²) in [5.74, 6) is 0. The maximum atomic E-state index is 5.42. The molecule has 0 saturated heterocycles. The molecule has 101 valence electrons. The molecule has 0 fully saturated rings. The lowest BCUT2D eigenvalue weighted by atomic mass is 9.99. The lowest BCUT2D eigenvalue weighted by Crippen LogP contribution is -2.22. The molecule has 0 aliphatic rings. The first kappa shape index (κ1) is 13.3. The zero-order chi connectivity index (χ0) is 13.9. The van der Waals surface area contributed by atoms with Gasteiger partial charge in [-0.3, -0.25) is 0 Å². The summed E-state index contributed by atoms with van der Waals surface area (Å²) < 4.78 is 10.8. The molecule has 0 spiro atoms. The lowest BCUT2D eigenvalue weighted by Gasteiger charge is -2.12. The summed E-state index contributed by atoms with van der Waals surface area (Å²) in [5.41, 5.74) is 1.30. The van der Waals surface area contributed by atoms with Gasteiger partial charge >= 0.3 is 9.28 Å². The highest BCUT2D eigenvalue weighted by atomic mass is 28.3. The van der Waals surface area contributed by atoms with Crippen molar-refractivity contribution in [2.75, 3.05) is 14.2 Å². The van der Waals surface area contributed by atoms with E-state index in [1.54, 1.807) is 14.2 Å². The predicted molar refractivity (Wildman–Crippen MR) is 84.9 cm³/mol.